The maximum atomic E-state index is 10.8. The summed E-state index contributed by atoms with van der Waals surface area (Å²) in [6.07, 6.45) is 0. The van der Waals surface area contributed by atoms with E-state index in [4.69, 9.17) is 11.6 Å². The largest absolute Gasteiger partial charge is 0.276 e. The normalized spacial score (nSPS) is 9.73. The van der Waals surface area contributed by atoms with E-state index in [1.54, 1.807) is 6.07 Å². The summed E-state index contributed by atoms with van der Waals surface area (Å²) in [5.41, 5.74) is 1.55. The molecule has 0 saturated carbocycles. The van der Waals surface area contributed by atoms with Gasteiger partial charge >= 0.3 is 0 Å². The van der Waals surface area contributed by atoms with Crippen molar-refractivity contribution in [3.63, 3.8) is 0 Å². The van der Waals surface area contributed by atoms with Crippen molar-refractivity contribution >= 4 is 32.8 Å². The summed E-state index contributed by atoms with van der Waals surface area (Å²) >= 11 is 8.54. The second-order valence-electron chi connectivity index (χ2n) is 2.26. The highest BCUT2D eigenvalue weighted by atomic mass is 79.9. The summed E-state index contributed by atoms with van der Waals surface area (Å²) in [5.74, 6) is 0. The second kappa shape index (κ2) is 3.37. The average Bonchev–Trinajstić information content (AvgIpc) is 1.94. The molecule has 0 spiro atoms. The molecule has 0 saturated heterocycles. The van der Waals surface area contributed by atoms with E-state index in [1.165, 1.54) is 0 Å². The molecule has 1 aromatic rings. The summed E-state index contributed by atoms with van der Waals surface area (Å²) in [6, 6.07) is 5.47. The lowest BCUT2D eigenvalue weighted by Crippen LogP contribution is -1.90. The van der Waals surface area contributed by atoms with E-state index in [0.717, 1.165) is 10.0 Å². The zero-order valence-electron chi connectivity index (χ0n) is 5.90. The van der Waals surface area contributed by atoms with Gasteiger partial charge < -0.3 is 0 Å². The number of hydrogen-bond donors (Lipinski definition) is 0. The van der Waals surface area contributed by atoms with Crippen molar-refractivity contribution in [3.8, 4) is 0 Å². The molecule has 0 unspecified atom stereocenters. The van der Waals surface area contributed by atoms with E-state index in [1.807, 2.05) is 19.1 Å². The summed E-state index contributed by atoms with van der Waals surface area (Å²) in [5, 5.41) is -0.430. The highest BCUT2D eigenvalue weighted by Crippen LogP contribution is 2.19. The van der Waals surface area contributed by atoms with Crippen molar-refractivity contribution in [2.75, 3.05) is 0 Å². The molecule has 0 N–H and O–H groups in total. The maximum absolute atomic E-state index is 10.8. The molecule has 3 heteroatoms. The fourth-order valence-electron chi connectivity index (χ4n) is 0.790. The minimum atomic E-state index is -0.430. The number of carbonyl (C=O) groups is 1. The topological polar surface area (TPSA) is 17.1 Å². The summed E-state index contributed by atoms with van der Waals surface area (Å²) in [7, 11) is 0. The monoisotopic (exact) mass is 232 g/mol. The molecule has 0 aliphatic rings. The SMILES string of the molecule is Cc1ccc(Br)c(C(=O)Cl)c1. The molecular formula is C8H6BrClO. The molecule has 0 aliphatic heterocycles. The van der Waals surface area contributed by atoms with Crippen LogP contribution in [0.2, 0.25) is 0 Å². The summed E-state index contributed by atoms with van der Waals surface area (Å²) in [6.45, 7) is 1.91. The first-order chi connectivity index (χ1) is 5.11. The molecule has 1 rings (SSSR count). The molecule has 0 bridgehead atoms. The minimum absolute atomic E-state index is 0.430. The third-order valence-corrected chi connectivity index (χ3v) is 2.23. The number of rotatable bonds is 1. The van der Waals surface area contributed by atoms with Crippen LogP contribution >= 0.6 is 27.5 Å². The molecule has 58 valence electrons. The highest BCUT2D eigenvalue weighted by Gasteiger charge is 2.05. The van der Waals surface area contributed by atoms with E-state index < -0.39 is 5.24 Å². The van der Waals surface area contributed by atoms with E-state index in [2.05, 4.69) is 15.9 Å². The van der Waals surface area contributed by atoms with Crippen LogP contribution in [-0.2, 0) is 0 Å². The van der Waals surface area contributed by atoms with Crippen molar-refractivity contribution in [2.24, 2.45) is 0 Å². The van der Waals surface area contributed by atoms with Crippen LogP contribution in [0.15, 0.2) is 22.7 Å². The van der Waals surface area contributed by atoms with Crippen LogP contribution in [0.3, 0.4) is 0 Å². The number of halogens is 2. The summed E-state index contributed by atoms with van der Waals surface area (Å²) in [4.78, 5) is 10.8. The predicted molar refractivity (Wildman–Crippen MR) is 49.1 cm³/mol. The predicted octanol–water partition coefficient (Wildman–Crippen LogP) is 3.14. The molecule has 1 nitrogen and oxygen atoms in total. The average molecular weight is 233 g/mol. The Labute approximate surface area is 78.5 Å². The molecule has 0 amide bonds. The fourth-order valence-corrected chi connectivity index (χ4v) is 1.49. The number of carbonyl (C=O) groups excluding carboxylic acids is 1. The van der Waals surface area contributed by atoms with Gasteiger partial charge in [-0.25, -0.2) is 0 Å². The van der Waals surface area contributed by atoms with Gasteiger partial charge in [0.25, 0.3) is 5.24 Å². The molecule has 11 heavy (non-hydrogen) atoms. The lowest BCUT2D eigenvalue weighted by atomic mass is 10.2. The van der Waals surface area contributed by atoms with Gasteiger partial charge in [0.2, 0.25) is 0 Å². The maximum Gasteiger partial charge on any atom is 0.253 e. The van der Waals surface area contributed by atoms with Crippen molar-refractivity contribution in [2.45, 2.75) is 6.92 Å². The smallest absolute Gasteiger partial charge is 0.253 e. The highest BCUT2D eigenvalue weighted by molar-refractivity contribution is 9.10. The van der Waals surface area contributed by atoms with Gasteiger partial charge in [-0.2, -0.15) is 0 Å². The lowest BCUT2D eigenvalue weighted by Gasteiger charge is -1.98. The van der Waals surface area contributed by atoms with Gasteiger partial charge in [-0.1, -0.05) is 11.6 Å². The standard InChI is InChI=1S/C8H6BrClO/c1-5-2-3-7(9)6(4-5)8(10)11/h2-4H,1H3. The lowest BCUT2D eigenvalue weighted by molar-refractivity contribution is 0.108. The van der Waals surface area contributed by atoms with E-state index in [-0.39, 0.29) is 0 Å². The van der Waals surface area contributed by atoms with Gasteiger partial charge in [-0.15, -0.1) is 0 Å². The van der Waals surface area contributed by atoms with Crippen LogP contribution in [0.4, 0.5) is 0 Å². The molecule has 0 radical (unpaired) electrons. The van der Waals surface area contributed by atoms with Crippen LogP contribution in [0.5, 0.6) is 0 Å². The third kappa shape index (κ3) is 2.04. The van der Waals surface area contributed by atoms with Gasteiger partial charge in [0.05, 0.1) is 0 Å². The Kier molecular flexibility index (Phi) is 2.68. The van der Waals surface area contributed by atoms with Crippen LogP contribution in [0.25, 0.3) is 0 Å². The van der Waals surface area contributed by atoms with Crippen molar-refractivity contribution in [1.82, 2.24) is 0 Å². The Balaban J connectivity index is 3.23. The molecule has 0 fully saturated rings. The quantitative estimate of drug-likeness (QED) is 0.681. The first-order valence-corrected chi connectivity index (χ1v) is 4.24. The molecular weight excluding hydrogens is 227 g/mol. The Morgan fingerprint density at radius 1 is 1.55 bits per heavy atom. The van der Waals surface area contributed by atoms with E-state index in [9.17, 15) is 4.79 Å². The Morgan fingerprint density at radius 2 is 2.18 bits per heavy atom. The zero-order chi connectivity index (χ0) is 8.43. The van der Waals surface area contributed by atoms with Gasteiger partial charge in [-0.05, 0) is 46.6 Å². The van der Waals surface area contributed by atoms with Gasteiger partial charge in [0.1, 0.15) is 0 Å². The third-order valence-electron chi connectivity index (χ3n) is 1.33. The Bertz CT molecular complexity index is 296. The fraction of sp³-hybridized carbons (Fsp3) is 0.125. The number of hydrogen-bond acceptors (Lipinski definition) is 1. The van der Waals surface area contributed by atoms with Gasteiger partial charge in [0, 0.05) is 10.0 Å². The van der Waals surface area contributed by atoms with Crippen LogP contribution in [-0.4, -0.2) is 5.24 Å². The molecule has 0 heterocycles. The Hall–Kier alpha value is -0.340. The van der Waals surface area contributed by atoms with Crippen LogP contribution < -0.4 is 0 Å². The van der Waals surface area contributed by atoms with Crippen LogP contribution in [0.1, 0.15) is 15.9 Å². The first kappa shape index (κ1) is 8.75. The first-order valence-electron chi connectivity index (χ1n) is 3.07. The van der Waals surface area contributed by atoms with Gasteiger partial charge in [0.15, 0.2) is 0 Å². The molecule has 0 atom stereocenters. The number of benzene rings is 1. The molecule has 0 aromatic heterocycles. The van der Waals surface area contributed by atoms with Crippen molar-refractivity contribution < 1.29 is 4.79 Å². The van der Waals surface area contributed by atoms with Crippen molar-refractivity contribution in [1.29, 1.82) is 0 Å². The second-order valence-corrected chi connectivity index (χ2v) is 3.45. The van der Waals surface area contributed by atoms with E-state index in [0.29, 0.717) is 5.56 Å². The Morgan fingerprint density at radius 3 is 2.64 bits per heavy atom. The van der Waals surface area contributed by atoms with Gasteiger partial charge in [-0.3, -0.25) is 4.79 Å². The number of aryl methyl sites for hydroxylation is 1. The van der Waals surface area contributed by atoms with Crippen molar-refractivity contribution in [3.05, 3.63) is 33.8 Å². The molecule has 0 aliphatic carbocycles. The summed E-state index contributed by atoms with van der Waals surface area (Å²) < 4.78 is 0.739. The molecule has 1 aromatic carbocycles. The van der Waals surface area contributed by atoms with Crippen LogP contribution in [0, 0.1) is 6.92 Å². The minimum Gasteiger partial charge on any atom is -0.276 e. The van der Waals surface area contributed by atoms with E-state index >= 15 is 0 Å². The zero-order valence-corrected chi connectivity index (χ0v) is 8.24.